The van der Waals surface area contributed by atoms with Crippen molar-refractivity contribution in [2.24, 2.45) is 0 Å². The lowest BCUT2D eigenvalue weighted by atomic mass is 9.92. The normalized spacial score (nSPS) is 34.2. The second-order valence-corrected chi connectivity index (χ2v) is 5.60. The van der Waals surface area contributed by atoms with Gasteiger partial charge < -0.3 is 0 Å². The largest absolute Gasteiger partial charge is 0.300 e. The lowest BCUT2D eigenvalue weighted by Crippen LogP contribution is -2.54. The van der Waals surface area contributed by atoms with Crippen molar-refractivity contribution in [1.29, 1.82) is 0 Å². The second-order valence-electron chi connectivity index (χ2n) is 5.60. The number of Topliss-reactive ketones (excluding diaryl/α,β-unsaturated/α-hetero) is 1. The van der Waals surface area contributed by atoms with Gasteiger partial charge in [-0.2, -0.15) is 0 Å². The van der Waals surface area contributed by atoms with Gasteiger partial charge in [0.1, 0.15) is 5.78 Å². The molecule has 3 aliphatic rings. The SMILES string of the molecule is O=C1CCC(N2CCN3CCCC3C2)CC1. The molecule has 3 fully saturated rings. The summed E-state index contributed by atoms with van der Waals surface area (Å²) in [6.07, 6.45) is 6.67. The highest BCUT2D eigenvalue weighted by Crippen LogP contribution is 2.27. The van der Waals surface area contributed by atoms with Gasteiger partial charge in [-0.15, -0.1) is 0 Å². The summed E-state index contributed by atoms with van der Waals surface area (Å²) < 4.78 is 0. The third-order valence-corrected chi connectivity index (χ3v) is 4.65. The van der Waals surface area contributed by atoms with E-state index >= 15 is 0 Å². The lowest BCUT2D eigenvalue weighted by Gasteiger charge is -2.42. The number of piperazine rings is 1. The Morgan fingerprint density at radius 2 is 1.62 bits per heavy atom. The van der Waals surface area contributed by atoms with Crippen molar-refractivity contribution < 1.29 is 4.79 Å². The van der Waals surface area contributed by atoms with Crippen LogP contribution in [0.4, 0.5) is 0 Å². The number of rotatable bonds is 1. The Bertz CT molecular complexity index is 269. The van der Waals surface area contributed by atoms with Crippen LogP contribution < -0.4 is 0 Å². The predicted molar refractivity (Wildman–Crippen MR) is 63.4 cm³/mol. The first kappa shape index (κ1) is 10.7. The van der Waals surface area contributed by atoms with Gasteiger partial charge in [-0.25, -0.2) is 0 Å². The van der Waals surface area contributed by atoms with Crippen LogP contribution in [0.2, 0.25) is 0 Å². The number of carbonyl (C=O) groups is 1. The van der Waals surface area contributed by atoms with Crippen molar-refractivity contribution in [2.45, 2.75) is 50.6 Å². The molecule has 2 heterocycles. The molecule has 0 aromatic carbocycles. The zero-order valence-corrected chi connectivity index (χ0v) is 10.0. The van der Waals surface area contributed by atoms with E-state index in [1.807, 2.05) is 0 Å². The van der Waals surface area contributed by atoms with Crippen LogP contribution >= 0.6 is 0 Å². The maximum Gasteiger partial charge on any atom is 0.133 e. The molecule has 2 saturated heterocycles. The van der Waals surface area contributed by atoms with Crippen LogP contribution in [0.15, 0.2) is 0 Å². The van der Waals surface area contributed by atoms with Crippen LogP contribution in [-0.2, 0) is 4.79 Å². The molecule has 3 nitrogen and oxygen atoms in total. The van der Waals surface area contributed by atoms with E-state index < -0.39 is 0 Å². The van der Waals surface area contributed by atoms with Gasteiger partial charge in [-0.05, 0) is 32.2 Å². The molecule has 1 aliphatic carbocycles. The molecule has 0 aromatic heterocycles. The van der Waals surface area contributed by atoms with Gasteiger partial charge in [-0.1, -0.05) is 0 Å². The fraction of sp³-hybridized carbons (Fsp3) is 0.923. The number of carbonyl (C=O) groups excluding carboxylic acids is 1. The fourth-order valence-electron chi connectivity index (χ4n) is 3.64. The molecule has 16 heavy (non-hydrogen) atoms. The molecule has 0 bridgehead atoms. The highest BCUT2D eigenvalue weighted by atomic mass is 16.1. The summed E-state index contributed by atoms with van der Waals surface area (Å²) in [7, 11) is 0. The molecule has 0 amide bonds. The van der Waals surface area contributed by atoms with Gasteiger partial charge in [0, 0.05) is 44.6 Å². The molecule has 0 N–H and O–H groups in total. The number of fused-ring (bicyclic) bond motifs is 1. The maximum atomic E-state index is 11.2. The summed E-state index contributed by atoms with van der Waals surface area (Å²) in [6.45, 7) is 5.07. The van der Waals surface area contributed by atoms with Crippen LogP contribution in [0.5, 0.6) is 0 Å². The molecular formula is C13H22N2O. The Balaban J connectivity index is 1.57. The number of hydrogen-bond acceptors (Lipinski definition) is 3. The highest BCUT2D eigenvalue weighted by Gasteiger charge is 2.34. The van der Waals surface area contributed by atoms with Crippen molar-refractivity contribution in [1.82, 2.24) is 9.80 Å². The zero-order chi connectivity index (χ0) is 11.0. The van der Waals surface area contributed by atoms with E-state index in [-0.39, 0.29) is 0 Å². The number of nitrogens with zero attached hydrogens (tertiary/aromatic N) is 2. The van der Waals surface area contributed by atoms with Crippen LogP contribution in [0, 0.1) is 0 Å². The van der Waals surface area contributed by atoms with Gasteiger partial charge >= 0.3 is 0 Å². The van der Waals surface area contributed by atoms with E-state index in [2.05, 4.69) is 9.80 Å². The summed E-state index contributed by atoms with van der Waals surface area (Å²) in [5.74, 6) is 0.482. The Kier molecular flexibility index (Phi) is 2.99. The van der Waals surface area contributed by atoms with Gasteiger partial charge in [0.2, 0.25) is 0 Å². The Morgan fingerprint density at radius 3 is 2.44 bits per heavy atom. The first-order valence-corrected chi connectivity index (χ1v) is 6.83. The first-order valence-electron chi connectivity index (χ1n) is 6.83. The van der Waals surface area contributed by atoms with E-state index in [4.69, 9.17) is 0 Å². The van der Waals surface area contributed by atoms with Gasteiger partial charge in [0.15, 0.2) is 0 Å². The van der Waals surface area contributed by atoms with Gasteiger partial charge in [0.05, 0.1) is 0 Å². The quantitative estimate of drug-likeness (QED) is 0.667. The van der Waals surface area contributed by atoms with E-state index in [9.17, 15) is 4.79 Å². The lowest BCUT2D eigenvalue weighted by molar-refractivity contribution is -0.121. The Hall–Kier alpha value is -0.410. The summed E-state index contributed by atoms with van der Waals surface area (Å²) in [5.41, 5.74) is 0. The average Bonchev–Trinajstić information content (AvgIpc) is 2.77. The summed E-state index contributed by atoms with van der Waals surface area (Å²) in [6, 6.07) is 1.53. The highest BCUT2D eigenvalue weighted by molar-refractivity contribution is 5.79. The number of ketones is 1. The predicted octanol–water partition coefficient (Wildman–Crippen LogP) is 1.28. The van der Waals surface area contributed by atoms with Crippen LogP contribution in [0.1, 0.15) is 38.5 Å². The molecule has 1 saturated carbocycles. The summed E-state index contributed by atoms with van der Waals surface area (Å²) in [5, 5.41) is 0. The molecule has 1 unspecified atom stereocenters. The van der Waals surface area contributed by atoms with E-state index in [1.54, 1.807) is 0 Å². The smallest absolute Gasteiger partial charge is 0.133 e. The molecule has 0 radical (unpaired) electrons. The molecule has 3 rings (SSSR count). The first-order chi connectivity index (χ1) is 7.83. The Labute approximate surface area is 97.8 Å². The van der Waals surface area contributed by atoms with Crippen molar-refractivity contribution in [3.8, 4) is 0 Å². The standard InChI is InChI=1S/C13H22N2O/c16-13-5-3-11(4-6-13)15-9-8-14-7-1-2-12(14)10-15/h11-12H,1-10H2. The minimum atomic E-state index is 0.482. The Morgan fingerprint density at radius 1 is 0.875 bits per heavy atom. The summed E-state index contributed by atoms with van der Waals surface area (Å²) in [4.78, 5) is 16.6. The molecule has 3 heteroatoms. The van der Waals surface area contributed by atoms with Crippen molar-refractivity contribution in [2.75, 3.05) is 26.2 Å². The minimum absolute atomic E-state index is 0.482. The van der Waals surface area contributed by atoms with Crippen molar-refractivity contribution in [3.63, 3.8) is 0 Å². The third-order valence-electron chi connectivity index (χ3n) is 4.65. The molecule has 90 valence electrons. The minimum Gasteiger partial charge on any atom is -0.300 e. The van der Waals surface area contributed by atoms with Gasteiger partial charge in [-0.3, -0.25) is 14.6 Å². The monoisotopic (exact) mass is 222 g/mol. The van der Waals surface area contributed by atoms with E-state index in [0.29, 0.717) is 11.8 Å². The van der Waals surface area contributed by atoms with Crippen LogP contribution in [-0.4, -0.2) is 53.8 Å². The van der Waals surface area contributed by atoms with E-state index in [1.165, 1.54) is 39.0 Å². The van der Waals surface area contributed by atoms with Gasteiger partial charge in [0.25, 0.3) is 0 Å². The van der Waals surface area contributed by atoms with E-state index in [0.717, 1.165) is 31.7 Å². The van der Waals surface area contributed by atoms with Crippen molar-refractivity contribution >= 4 is 5.78 Å². The molecule has 0 spiro atoms. The molecule has 1 atom stereocenters. The fourth-order valence-corrected chi connectivity index (χ4v) is 3.64. The van der Waals surface area contributed by atoms with Crippen molar-refractivity contribution in [3.05, 3.63) is 0 Å². The molecular weight excluding hydrogens is 200 g/mol. The topological polar surface area (TPSA) is 23.6 Å². The molecule has 2 aliphatic heterocycles. The van der Waals surface area contributed by atoms with Crippen LogP contribution in [0.3, 0.4) is 0 Å². The maximum absolute atomic E-state index is 11.2. The zero-order valence-electron chi connectivity index (χ0n) is 10.0. The number of hydrogen-bond donors (Lipinski definition) is 0. The van der Waals surface area contributed by atoms with Crippen LogP contribution in [0.25, 0.3) is 0 Å². The third kappa shape index (κ3) is 2.03. The molecule has 0 aromatic rings. The second kappa shape index (κ2) is 4.46. The summed E-state index contributed by atoms with van der Waals surface area (Å²) >= 11 is 0. The average molecular weight is 222 g/mol.